The van der Waals surface area contributed by atoms with E-state index in [4.69, 9.17) is 0 Å². The van der Waals surface area contributed by atoms with E-state index in [2.05, 4.69) is 15.4 Å². The van der Waals surface area contributed by atoms with Gasteiger partial charge in [-0.15, -0.1) is 0 Å². The molecule has 2 aromatic rings. The van der Waals surface area contributed by atoms with Crippen LogP contribution in [0.4, 0.5) is 13.2 Å². The van der Waals surface area contributed by atoms with Gasteiger partial charge in [0.2, 0.25) is 0 Å². The van der Waals surface area contributed by atoms with Crippen molar-refractivity contribution in [3.05, 3.63) is 23.0 Å². The molecule has 2 aromatic heterocycles. The molecule has 1 aliphatic rings. The first kappa shape index (κ1) is 19.6. The molecular formula is C18H24F3N5O. The first-order chi connectivity index (χ1) is 12.7. The zero-order valence-electron chi connectivity index (χ0n) is 15.7. The molecule has 1 aliphatic carbocycles. The molecule has 0 bridgehead atoms. The Labute approximate surface area is 155 Å². The molecule has 0 unspecified atom stereocenters. The molecule has 0 radical (unpaired) electrons. The molecule has 1 fully saturated rings. The molecule has 0 spiro atoms. The molecule has 148 valence electrons. The molecule has 0 saturated heterocycles. The summed E-state index contributed by atoms with van der Waals surface area (Å²) in [5, 5.41) is 7.92. The van der Waals surface area contributed by atoms with Crippen molar-refractivity contribution < 1.29 is 18.0 Å². The van der Waals surface area contributed by atoms with Crippen LogP contribution in [0.5, 0.6) is 0 Å². The summed E-state index contributed by atoms with van der Waals surface area (Å²) in [5.74, 6) is 0.158. The fourth-order valence-corrected chi connectivity index (χ4v) is 3.26. The molecular weight excluding hydrogens is 359 g/mol. The van der Waals surface area contributed by atoms with Crippen molar-refractivity contribution in [2.24, 2.45) is 7.05 Å². The van der Waals surface area contributed by atoms with Gasteiger partial charge in [0.1, 0.15) is 0 Å². The second kappa shape index (κ2) is 7.46. The zero-order chi connectivity index (χ0) is 19.8. The largest absolute Gasteiger partial charge is 0.401 e. The van der Waals surface area contributed by atoms with Gasteiger partial charge < -0.3 is 5.32 Å². The van der Waals surface area contributed by atoms with Crippen LogP contribution in [0.1, 0.15) is 46.9 Å². The number of fused-ring (bicyclic) bond motifs is 1. The lowest BCUT2D eigenvalue weighted by atomic mass is 10.1. The Bertz CT molecular complexity index is 842. The maximum atomic E-state index is 12.7. The van der Waals surface area contributed by atoms with Gasteiger partial charge in [-0.1, -0.05) is 0 Å². The van der Waals surface area contributed by atoms with Crippen LogP contribution in [-0.2, 0) is 7.05 Å². The predicted molar refractivity (Wildman–Crippen MR) is 95.7 cm³/mol. The van der Waals surface area contributed by atoms with Crippen LogP contribution in [0.25, 0.3) is 11.0 Å². The lowest BCUT2D eigenvalue weighted by molar-refractivity contribution is -0.143. The van der Waals surface area contributed by atoms with Crippen molar-refractivity contribution in [2.45, 2.75) is 38.3 Å². The summed E-state index contributed by atoms with van der Waals surface area (Å²) in [6.45, 7) is 1.45. The maximum absolute atomic E-state index is 12.7. The summed E-state index contributed by atoms with van der Waals surface area (Å²) in [4.78, 5) is 18.6. The highest BCUT2D eigenvalue weighted by atomic mass is 19.4. The van der Waals surface area contributed by atoms with Gasteiger partial charge in [0.05, 0.1) is 23.2 Å². The fourth-order valence-electron chi connectivity index (χ4n) is 3.26. The lowest BCUT2D eigenvalue weighted by Crippen LogP contribution is -2.33. The van der Waals surface area contributed by atoms with E-state index in [-0.39, 0.29) is 12.5 Å². The number of nitrogens with one attached hydrogen (secondary N) is 1. The number of amides is 1. The third-order valence-electron chi connectivity index (χ3n) is 4.68. The van der Waals surface area contributed by atoms with Crippen LogP contribution in [0.2, 0.25) is 0 Å². The Morgan fingerprint density at radius 1 is 1.41 bits per heavy atom. The van der Waals surface area contributed by atoms with Crippen LogP contribution >= 0.6 is 0 Å². The van der Waals surface area contributed by atoms with E-state index >= 15 is 0 Å². The van der Waals surface area contributed by atoms with Crippen LogP contribution in [0, 0.1) is 6.92 Å². The van der Waals surface area contributed by atoms with Gasteiger partial charge in [0.15, 0.2) is 5.65 Å². The third kappa shape index (κ3) is 4.77. The van der Waals surface area contributed by atoms with Gasteiger partial charge in [-0.05, 0) is 45.8 Å². The SMILES string of the molecule is Cc1nn(C)c2nc(C3CC3)cc(C(=O)NCCCN(C)CC(F)(F)F)c12. The summed E-state index contributed by atoms with van der Waals surface area (Å²) in [5.41, 5.74) is 2.86. The Morgan fingerprint density at radius 3 is 2.74 bits per heavy atom. The highest BCUT2D eigenvalue weighted by Gasteiger charge is 2.29. The van der Waals surface area contributed by atoms with Crippen molar-refractivity contribution in [3.8, 4) is 0 Å². The minimum absolute atomic E-state index is 0.237. The summed E-state index contributed by atoms with van der Waals surface area (Å²) >= 11 is 0. The van der Waals surface area contributed by atoms with Crippen LogP contribution in [0.3, 0.4) is 0 Å². The van der Waals surface area contributed by atoms with Gasteiger partial charge in [-0.2, -0.15) is 18.3 Å². The maximum Gasteiger partial charge on any atom is 0.401 e. The summed E-state index contributed by atoms with van der Waals surface area (Å²) in [7, 11) is 3.22. The lowest BCUT2D eigenvalue weighted by Gasteiger charge is -2.18. The van der Waals surface area contributed by atoms with Crippen molar-refractivity contribution in [1.29, 1.82) is 0 Å². The number of aromatic nitrogens is 3. The highest BCUT2D eigenvalue weighted by Crippen LogP contribution is 2.40. The van der Waals surface area contributed by atoms with E-state index in [0.29, 0.717) is 30.1 Å². The topological polar surface area (TPSA) is 63.1 Å². The van der Waals surface area contributed by atoms with Crippen molar-refractivity contribution in [2.75, 3.05) is 26.7 Å². The first-order valence-electron chi connectivity index (χ1n) is 9.03. The summed E-state index contributed by atoms with van der Waals surface area (Å²) in [6, 6.07) is 1.83. The highest BCUT2D eigenvalue weighted by molar-refractivity contribution is 6.06. The molecule has 0 aromatic carbocycles. The Kier molecular flexibility index (Phi) is 5.41. The van der Waals surface area contributed by atoms with Crippen molar-refractivity contribution in [1.82, 2.24) is 25.0 Å². The number of hydrogen-bond acceptors (Lipinski definition) is 4. The number of carbonyl (C=O) groups is 1. The van der Waals surface area contributed by atoms with E-state index in [1.54, 1.807) is 11.7 Å². The second-order valence-electron chi connectivity index (χ2n) is 7.24. The Balaban J connectivity index is 1.67. The van der Waals surface area contributed by atoms with Gasteiger partial charge in [-0.25, -0.2) is 4.98 Å². The fraction of sp³-hybridized carbons (Fsp3) is 0.611. The number of pyridine rings is 1. The van der Waals surface area contributed by atoms with E-state index in [1.165, 1.54) is 11.9 Å². The molecule has 2 heterocycles. The van der Waals surface area contributed by atoms with E-state index in [0.717, 1.165) is 29.6 Å². The van der Waals surface area contributed by atoms with Crippen LogP contribution in [0.15, 0.2) is 6.07 Å². The van der Waals surface area contributed by atoms with Gasteiger partial charge >= 0.3 is 6.18 Å². The number of alkyl halides is 3. The van der Waals surface area contributed by atoms with Gasteiger partial charge in [-0.3, -0.25) is 14.4 Å². The van der Waals surface area contributed by atoms with Crippen LogP contribution < -0.4 is 5.32 Å². The number of hydrogen-bond donors (Lipinski definition) is 1. The van der Waals surface area contributed by atoms with Gasteiger partial charge in [0.25, 0.3) is 5.91 Å². The number of nitrogens with zero attached hydrogens (tertiary/aromatic N) is 4. The Hall–Kier alpha value is -2.16. The third-order valence-corrected chi connectivity index (χ3v) is 4.68. The molecule has 9 heteroatoms. The van der Waals surface area contributed by atoms with Gasteiger partial charge in [0, 0.05) is 25.2 Å². The monoisotopic (exact) mass is 383 g/mol. The van der Waals surface area contributed by atoms with Crippen molar-refractivity contribution >= 4 is 16.9 Å². The van der Waals surface area contributed by atoms with E-state index in [1.807, 2.05) is 13.0 Å². The average Bonchev–Trinajstić information content (AvgIpc) is 3.36. The minimum atomic E-state index is -4.21. The first-order valence-corrected chi connectivity index (χ1v) is 9.03. The number of rotatable bonds is 7. The summed E-state index contributed by atoms with van der Waals surface area (Å²) in [6.07, 6.45) is -1.63. The standard InChI is InChI=1S/C18H24F3N5O/c1-11-15-13(9-14(12-5-6-12)23-16(15)26(3)24-11)17(27)22-7-4-8-25(2)10-18(19,20)21/h9,12H,4-8,10H2,1-3H3,(H,22,27). The summed E-state index contributed by atoms with van der Waals surface area (Å²) < 4.78 is 38.7. The average molecular weight is 383 g/mol. The minimum Gasteiger partial charge on any atom is -0.352 e. The molecule has 1 N–H and O–H groups in total. The molecule has 27 heavy (non-hydrogen) atoms. The number of carbonyl (C=O) groups excluding carboxylic acids is 1. The second-order valence-corrected chi connectivity index (χ2v) is 7.24. The normalized spacial score (nSPS) is 14.9. The number of halogens is 3. The predicted octanol–water partition coefficient (Wildman–Crippen LogP) is 2.77. The quantitative estimate of drug-likeness (QED) is 0.747. The van der Waals surface area contributed by atoms with E-state index in [9.17, 15) is 18.0 Å². The molecule has 1 amide bonds. The zero-order valence-corrected chi connectivity index (χ0v) is 15.7. The van der Waals surface area contributed by atoms with Crippen LogP contribution in [-0.4, -0.2) is 58.4 Å². The molecule has 1 saturated carbocycles. The number of aryl methyl sites for hydroxylation is 2. The smallest absolute Gasteiger partial charge is 0.352 e. The van der Waals surface area contributed by atoms with E-state index < -0.39 is 12.7 Å². The molecule has 0 atom stereocenters. The molecule has 3 rings (SSSR count). The molecule has 0 aliphatic heterocycles. The Morgan fingerprint density at radius 2 is 2.11 bits per heavy atom. The molecule has 6 nitrogen and oxygen atoms in total. The van der Waals surface area contributed by atoms with Crippen molar-refractivity contribution in [3.63, 3.8) is 0 Å².